The van der Waals surface area contributed by atoms with Crippen LogP contribution in [0.4, 0.5) is 18.9 Å². The van der Waals surface area contributed by atoms with E-state index in [0.29, 0.717) is 30.4 Å². The van der Waals surface area contributed by atoms with Crippen LogP contribution in [-0.4, -0.2) is 29.8 Å². The van der Waals surface area contributed by atoms with Gasteiger partial charge < -0.3 is 15.0 Å². The Hall–Kier alpha value is -3.33. The van der Waals surface area contributed by atoms with Gasteiger partial charge in [0.1, 0.15) is 18.9 Å². The van der Waals surface area contributed by atoms with Crippen molar-refractivity contribution in [1.82, 2.24) is 4.90 Å². The minimum absolute atomic E-state index is 0.271. The molecule has 0 aliphatic carbocycles. The predicted octanol–water partition coefficient (Wildman–Crippen LogP) is 5.24. The van der Waals surface area contributed by atoms with E-state index in [4.69, 9.17) is 4.74 Å². The van der Waals surface area contributed by atoms with Crippen LogP contribution in [-0.2, 0) is 11.4 Å². The summed E-state index contributed by atoms with van der Waals surface area (Å²) in [5.41, 5.74) is -0.171. The number of anilines is 1. The van der Waals surface area contributed by atoms with Crippen LogP contribution < -0.4 is 10.1 Å². The third-order valence-corrected chi connectivity index (χ3v) is 5.32. The summed E-state index contributed by atoms with van der Waals surface area (Å²) in [7, 11) is 0. The molecule has 32 heavy (non-hydrogen) atoms. The van der Waals surface area contributed by atoms with Gasteiger partial charge in [-0.2, -0.15) is 0 Å². The topological polar surface area (TPSA) is 58.6 Å². The number of rotatable bonds is 9. The van der Waals surface area contributed by atoms with Crippen LogP contribution in [0.5, 0.6) is 5.75 Å². The van der Waals surface area contributed by atoms with Crippen molar-refractivity contribution < 1.29 is 27.5 Å². The molecule has 0 saturated heterocycles. The third-order valence-electron chi connectivity index (χ3n) is 4.47. The van der Waals surface area contributed by atoms with E-state index >= 15 is 0 Å². The number of nitrogens with zero attached hydrogens (tertiary/aromatic N) is 1. The van der Waals surface area contributed by atoms with Crippen LogP contribution in [0, 0.1) is 17.5 Å². The van der Waals surface area contributed by atoms with Crippen LogP contribution in [0.2, 0.25) is 0 Å². The van der Waals surface area contributed by atoms with E-state index in [1.165, 1.54) is 4.90 Å². The number of hydrogen-bond donors (Lipinski definition) is 1. The quantitative estimate of drug-likeness (QED) is 0.443. The maximum absolute atomic E-state index is 13.8. The average Bonchev–Trinajstić information content (AvgIpc) is 3.31. The highest BCUT2D eigenvalue weighted by atomic mass is 32.1. The Balaban J connectivity index is 1.68. The summed E-state index contributed by atoms with van der Waals surface area (Å²) < 4.78 is 46.0. The van der Waals surface area contributed by atoms with Crippen LogP contribution in [0.1, 0.15) is 28.6 Å². The Morgan fingerprint density at radius 3 is 2.59 bits per heavy atom. The molecule has 2 aromatic carbocycles. The highest BCUT2D eigenvalue weighted by Crippen LogP contribution is 2.21. The lowest BCUT2D eigenvalue weighted by atomic mass is 10.1. The molecule has 9 heteroatoms. The van der Waals surface area contributed by atoms with Gasteiger partial charge in [0.25, 0.3) is 5.91 Å². The molecule has 3 rings (SSSR count). The Morgan fingerprint density at radius 1 is 1.06 bits per heavy atom. The first-order chi connectivity index (χ1) is 15.4. The lowest BCUT2D eigenvalue weighted by Gasteiger charge is -2.22. The normalized spacial score (nSPS) is 10.6. The first-order valence-corrected chi connectivity index (χ1v) is 10.7. The molecule has 1 heterocycles. The molecule has 0 aliphatic rings. The van der Waals surface area contributed by atoms with E-state index in [2.05, 4.69) is 5.32 Å². The van der Waals surface area contributed by atoms with Crippen molar-refractivity contribution in [3.05, 3.63) is 81.8 Å². The highest BCUT2D eigenvalue weighted by Gasteiger charge is 2.21. The van der Waals surface area contributed by atoms with Gasteiger partial charge in [-0.05, 0) is 48.2 Å². The lowest BCUT2D eigenvalue weighted by Crippen LogP contribution is -2.38. The highest BCUT2D eigenvalue weighted by molar-refractivity contribution is 7.09. The molecule has 0 unspecified atom stereocenters. The number of benzene rings is 2. The molecule has 0 atom stereocenters. The summed E-state index contributed by atoms with van der Waals surface area (Å²) >= 11 is 1.56. The van der Waals surface area contributed by atoms with Crippen molar-refractivity contribution in [1.29, 1.82) is 0 Å². The zero-order valence-corrected chi connectivity index (χ0v) is 18.1. The van der Waals surface area contributed by atoms with E-state index in [-0.39, 0.29) is 13.1 Å². The Labute approximate surface area is 187 Å². The van der Waals surface area contributed by atoms with Gasteiger partial charge in [0.15, 0.2) is 17.5 Å². The molecule has 0 radical (unpaired) electrons. The van der Waals surface area contributed by atoms with Crippen molar-refractivity contribution in [3.63, 3.8) is 0 Å². The van der Waals surface area contributed by atoms with Gasteiger partial charge >= 0.3 is 0 Å². The molecule has 1 aromatic heterocycles. The second-order valence-corrected chi connectivity index (χ2v) is 7.93. The van der Waals surface area contributed by atoms with Gasteiger partial charge in [0, 0.05) is 17.0 Å². The van der Waals surface area contributed by atoms with E-state index in [1.807, 2.05) is 24.4 Å². The number of ether oxygens (including phenoxy) is 1. The first kappa shape index (κ1) is 23.3. The first-order valence-electron chi connectivity index (χ1n) is 9.87. The average molecular weight is 462 g/mol. The Bertz CT molecular complexity index is 1090. The van der Waals surface area contributed by atoms with E-state index in [9.17, 15) is 22.8 Å². The number of halogens is 3. The van der Waals surface area contributed by atoms with Crippen LogP contribution >= 0.6 is 11.3 Å². The van der Waals surface area contributed by atoms with E-state index < -0.39 is 35.0 Å². The van der Waals surface area contributed by atoms with Crippen molar-refractivity contribution >= 4 is 28.8 Å². The maximum Gasteiger partial charge on any atom is 0.254 e. The monoisotopic (exact) mass is 462 g/mol. The summed E-state index contributed by atoms with van der Waals surface area (Å²) in [5.74, 6) is -5.17. The van der Waals surface area contributed by atoms with Crippen molar-refractivity contribution in [3.8, 4) is 5.75 Å². The third kappa shape index (κ3) is 5.88. The van der Waals surface area contributed by atoms with Gasteiger partial charge in [-0.3, -0.25) is 9.59 Å². The SMILES string of the molecule is CCCN(CC(=O)Nc1ccc(F)c(F)c1F)C(=O)c1cccc(OCc2cccs2)c1. The fourth-order valence-corrected chi connectivity index (χ4v) is 3.57. The molecule has 0 fully saturated rings. The summed E-state index contributed by atoms with van der Waals surface area (Å²) in [6.45, 7) is 2.10. The maximum atomic E-state index is 13.8. The van der Waals surface area contributed by atoms with Crippen molar-refractivity contribution in [2.24, 2.45) is 0 Å². The molecule has 2 amide bonds. The number of carbonyl (C=O) groups excluding carboxylic acids is 2. The Morgan fingerprint density at radius 2 is 1.88 bits per heavy atom. The summed E-state index contributed by atoms with van der Waals surface area (Å²) in [6.07, 6.45) is 0.577. The summed E-state index contributed by atoms with van der Waals surface area (Å²) in [4.78, 5) is 27.7. The molecule has 0 saturated carbocycles. The largest absolute Gasteiger partial charge is 0.488 e. The van der Waals surface area contributed by atoms with E-state index in [0.717, 1.165) is 10.9 Å². The zero-order valence-electron chi connectivity index (χ0n) is 17.2. The predicted molar refractivity (Wildman–Crippen MR) is 116 cm³/mol. The number of amides is 2. The number of thiophene rings is 1. The Kier molecular flexibility index (Phi) is 7.88. The van der Waals surface area contributed by atoms with Crippen molar-refractivity contribution in [2.75, 3.05) is 18.4 Å². The number of carbonyl (C=O) groups is 2. The zero-order chi connectivity index (χ0) is 23.1. The molecule has 0 spiro atoms. The van der Waals surface area contributed by atoms with Crippen molar-refractivity contribution in [2.45, 2.75) is 20.0 Å². The second kappa shape index (κ2) is 10.8. The molecule has 3 aromatic rings. The molecule has 5 nitrogen and oxygen atoms in total. The van der Waals surface area contributed by atoms with Crippen LogP contribution in [0.15, 0.2) is 53.9 Å². The smallest absolute Gasteiger partial charge is 0.254 e. The minimum atomic E-state index is -1.68. The molecule has 0 bridgehead atoms. The minimum Gasteiger partial charge on any atom is -0.488 e. The van der Waals surface area contributed by atoms with Crippen LogP contribution in [0.25, 0.3) is 0 Å². The second-order valence-electron chi connectivity index (χ2n) is 6.89. The molecule has 1 N–H and O–H groups in total. The molecule has 0 aliphatic heterocycles. The molecular weight excluding hydrogens is 441 g/mol. The van der Waals surface area contributed by atoms with Gasteiger partial charge in [0.05, 0.1) is 5.69 Å². The fourth-order valence-electron chi connectivity index (χ4n) is 2.96. The van der Waals surface area contributed by atoms with Gasteiger partial charge in [0.2, 0.25) is 5.91 Å². The standard InChI is InChI=1S/C23H21F3N2O3S/c1-2-10-28(13-20(29)27-19-9-8-18(24)21(25)22(19)26)23(30)15-5-3-6-16(12-15)31-14-17-7-4-11-32-17/h3-9,11-12H,2,10,13-14H2,1H3,(H,27,29). The summed E-state index contributed by atoms with van der Waals surface area (Å²) in [6, 6.07) is 12.1. The van der Waals surface area contributed by atoms with Gasteiger partial charge in [-0.15, -0.1) is 11.3 Å². The lowest BCUT2D eigenvalue weighted by molar-refractivity contribution is -0.116. The van der Waals surface area contributed by atoms with Crippen LogP contribution in [0.3, 0.4) is 0 Å². The number of hydrogen-bond acceptors (Lipinski definition) is 4. The fraction of sp³-hybridized carbons (Fsp3) is 0.217. The molecule has 168 valence electrons. The van der Waals surface area contributed by atoms with Gasteiger partial charge in [-0.25, -0.2) is 13.2 Å². The molecular formula is C23H21F3N2O3S. The van der Waals surface area contributed by atoms with Gasteiger partial charge in [-0.1, -0.05) is 19.1 Å². The van der Waals surface area contributed by atoms with E-state index in [1.54, 1.807) is 35.6 Å². The number of nitrogens with one attached hydrogen (secondary N) is 1. The summed E-state index contributed by atoms with van der Waals surface area (Å²) in [5, 5.41) is 4.13.